The second-order valence-corrected chi connectivity index (χ2v) is 14.5. The fraction of sp³-hybridized carbons (Fsp3) is 0.500. The number of rotatable bonds is 1. The van der Waals surface area contributed by atoms with Crippen molar-refractivity contribution in [1.82, 2.24) is 4.98 Å². The number of nitrogens with zero attached hydrogens (tertiary/aromatic N) is 2. The average molecular weight is 558 g/mol. The third-order valence-corrected chi connectivity index (χ3v) is 12.4. The zero-order chi connectivity index (χ0) is 24.6. The zero-order valence-corrected chi connectivity index (χ0v) is 23.2. The fourth-order valence-corrected chi connectivity index (χ4v) is 10.4. The van der Waals surface area contributed by atoms with Gasteiger partial charge in [-0.1, -0.05) is 0 Å². The van der Waals surface area contributed by atoms with Gasteiger partial charge in [-0.15, -0.1) is 0 Å². The van der Waals surface area contributed by atoms with Gasteiger partial charge in [-0.05, 0) is 0 Å². The van der Waals surface area contributed by atoms with Crippen LogP contribution < -0.4 is 10.5 Å². The Morgan fingerprint density at radius 1 is 0.919 bits per heavy atom. The van der Waals surface area contributed by atoms with Crippen LogP contribution in [0.25, 0.3) is 30.9 Å². The van der Waals surface area contributed by atoms with Crippen molar-refractivity contribution >= 4 is 40.9 Å². The molecule has 0 saturated heterocycles. The van der Waals surface area contributed by atoms with E-state index in [0.29, 0.717) is 11.0 Å². The van der Waals surface area contributed by atoms with E-state index in [4.69, 9.17) is 9.40 Å². The van der Waals surface area contributed by atoms with Crippen molar-refractivity contribution in [3.05, 3.63) is 57.9 Å². The zero-order valence-electron chi connectivity index (χ0n) is 21.5. The van der Waals surface area contributed by atoms with Gasteiger partial charge in [-0.2, -0.15) is 0 Å². The maximum atomic E-state index is 13.6. The molecule has 2 aromatic heterocycles. The van der Waals surface area contributed by atoms with E-state index in [-0.39, 0.29) is 25.5 Å². The molecule has 8 rings (SSSR count). The van der Waals surface area contributed by atoms with E-state index < -0.39 is 0 Å². The molecule has 0 radical (unpaired) electrons. The van der Waals surface area contributed by atoms with Gasteiger partial charge < -0.3 is 0 Å². The summed E-state index contributed by atoms with van der Waals surface area (Å²) < 4.78 is 8.55. The van der Waals surface area contributed by atoms with Crippen molar-refractivity contribution in [2.75, 3.05) is 18.0 Å². The van der Waals surface area contributed by atoms with E-state index in [9.17, 15) is 4.79 Å². The Kier molecular flexibility index (Phi) is 5.08. The van der Waals surface area contributed by atoms with Crippen molar-refractivity contribution < 1.29 is 4.42 Å². The van der Waals surface area contributed by atoms with Crippen molar-refractivity contribution in [2.24, 2.45) is 5.41 Å². The Hall–Kier alpha value is -2.36. The second-order valence-electron chi connectivity index (χ2n) is 12.4. The van der Waals surface area contributed by atoms with Gasteiger partial charge in [0.1, 0.15) is 0 Å². The van der Waals surface area contributed by atoms with Gasteiger partial charge in [0.2, 0.25) is 0 Å². The first kappa shape index (κ1) is 22.6. The van der Waals surface area contributed by atoms with Gasteiger partial charge in [-0.25, -0.2) is 0 Å². The minimum atomic E-state index is -0.209. The SMILES string of the molecule is O=c1oc2c3c4c(cc2cc1-c1nc2ccccc2[se]1)CC1(CCCCC1)CN4CCC31CCCCC1. The molecule has 2 aliphatic heterocycles. The molecular formula is C32H34N2O2Se. The van der Waals surface area contributed by atoms with Gasteiger partial charge in [0, 0.05) is 0 Å². The first-order valence-corrected chi connectivity index (χ1v) is 16.1. The van der Waals surface area contributed by atoms with Gasteiger partial charge in [-0.3, -0.25) is 0 Å². The Balaban J connectivity index is 1.37. The van der Waals surface area contributed by atoms with Crippen LogP contribution in [0.4, 0.5) is 5.69 Å². The normalized spacial score (nSPS) is 22.1. The summed E-state index contributed by atoms with van der Waals surface area (Å²) in [5, 5.41) is 1.12. The Labute approximate surface area is 223 Å². The molecule has 37 heavy (non-hydrogen) atoms. The third-order valence-electron chi connectivity index (χ3n) is 10.1. The van der Waals surface area contributed by atoms with E-state index >= 15 is 0 Å². The number of aromatic nitrogens is 1. The molecule has 2 fully saturated rings. The van der Waals surface area contributed by atoms with Crippen LogP contribution in [-0.4, -0.2) is 32.6 Å². The van der Waals surface area contributed by atoms with E-state index in [1.807, 2.05) is 6.07 Å². The molecule has 4 aromatic rings. The van der Waals surface area contributed by atoms with Gasteiger partial charge in [0.15, 0.2) is 0 Å². The molecule has 0 bridgehead atoms. The fourth-order valence-electron chi connectivity index (χ4n) is 8.41. The van der Waals surface area contributed by atoms with Crippen LogP contribution in [-0.2, 0) is 11.8 Å². The molecule has 5 heteroatoms. The monoisotopic (exact) mass is 558 g/mol. The molecule has 0 amide bonds. The summed E-state index contributed by atoms with van der Waals surface area (Å²) in [7, 11) is 0. The third kappa shape index (κ3) is 3.46. The molecule has 4 aliphatic rings. The van der Waals surface area contributed by atoms with Crippen LogP contribution in [0.5, 0.6) is 0 Å². The molecule has 0 atom stereocenters. The van der Waals surface area contributed by atoms with E-state index in [1.54, 1.807) is 0 Å². The molecule has 0 N–H and O–H groups in total. The summed E-state index contributed by atoms with van der Waals surface area (Å²) in [6.45, 7) is 2.35. The van der Waals surface area contributed by atoms with Crippen molar-refractivity contribution in [3.63, 3.8) is 0 Å². The first-order chi connectivity index (χ1) is 18.1. The number of para-hydroxylation sites is 1. The molecule has 4 nitrogen and oxygen atoms in total. The van der Waals surface area contributed by atoms with Crippen LogP contribution in [0.15, 0.2) is 45.6 Å². The molecule has 2 spiro atoms. The number of hydrogen-bond donors (Lipinski definition) is 0. The van der Waals surface area contributed by atoms with Gasteiger partial charge in [0.05, 0.1) is 0 Å². The van der Waals surface area contributed by atoms with Crippen LogP contribution in [0.3, 0.4) is 0 Å². The number of benzene rings is 2. The number of fused-ring (bicyclic) bond motifs is 4. The Bertz CT molecular complexity index is 1550. The van der Waals surface area contributed by atoms with E-state index in [0.717, 1.165) is 27.6 Å². The topological polar surface area (TPSA) is 46.3 Å². The molecule has 190 valence electrons. The van der Waals surface area contributed by atoms with Crippen molar-refractivity contribution in [1.29, 1.82) is 0 Å². The predicted molar refractivity (Wildman–Crippen MR) is 151 cm³/mol. The van der Waals surface area contributed by atoms with Crippen LogP contribution in [0.2, 0.25) is 0 Å². The van der Waals surface area contributed by atoms with E-state index in [2.05, 4.69) is 35.2 Å². The quantitative estimate of drug-likeness (QED) is 0.187. The summed E-state index contributed by atoms with van der Waals surface area (Å²) >= 11 is 0.0367. The van der Waals surface area contributed by atoms with E-state index in [1.165, 1.54) is 105 Å². The molecule has 0 unspecified atom stereocenters. The van der Waals surface area contributed by atoms with Crippen molar-refractivity contribution in [2.45, 2.75) is 82.5 Å². The van der Waals surface area contributed by atoms with Gasteiger partial charge >= 0.3 is 224 Å². The number of hydrogen-bond acceptors (Lipinski definition) is 4. The summed E-state index contributed by atoms with van der Waals surface area (Å²) in [5.41, 5.74) is 7.29. The minimum absolute atomic E-state index is 0.0367. The average Bonchev–Trinajstić information content (AvgIpc) is 3.35. The van der Waals surface area contributed by atoms with Gasteiger partial charge in [0.25, 0.3) is 0 Å². The Morgan fingerprint density at radius 2 is 1.70 bits per heavy atom. The molecule has 2 saturated carbocycles. The summed E-state index contributed by atoms with van der Waals surface area (Å²) in [4.78, 5) is 21.2. The molecule has 4 heterocycles. The van der Waals surface area contributed by atoms with Crippen LogP contribution in [0, 0.1) is 5.41 Å². The van der Waals surface area contributed by atoms with Crippen molar-refractivity contribution in [3.8, 4) is 10.1 Å². The predicted octanol–water partition coefficient (Wildman–Crippen LogP) is 6.98. The summed E-state index contributed by atoms with van der Waals surface area (Å²) in [6.07, 6.45) is 15.6. The maximum absolute atomic E-state index is 13.6. The second kappa shape index (κ2) is 8.32. The molecule has 2 aromatic carbocycles. The Morgan fingerprint density at radius 3 is 2.51 bits per heavy atom. The first-order valence-electron chi connectivity index (χ1n) is 14.4. The summed E-state index contributed by atoms with van der Waals surface area (Å²) in [5.74, 6) is 0. The van der Waals surface area contributed by atoms with Crippen LogP contribution >= 0.6 is 0 Å². The number of anilines is 1. The molecule has 2 aliphatic carbocycles. The standard InChI is InChI=1S/C32H34N2O2Se/c35-30-23(29-33-24-9-3-4-10-25(24)37-29)18-21-17-22-19-31(11-5-1-6-12-31)20-34-16-15-32(13-7-2-8-14-32)26(27(22)34)28(21)36-30/h3-4,9-10,17-18H,1-2,5-8,11-16,19-20H2. The molecular weight excluding hydrogens is 523 g/mol. The van der Waals surface area contributed by atoms with Crippen LogP contribution in [0.1, 0.15) is 81.8 Å². The summed E-state index contributed by atoms with van der Waals surface area (Å²) in [6, 6.07) is 12.8.